The lowest BCUT2D eigenvalue weighted by molar-refractivity contribution is -0.139. The number of aliphatic carboxylic acids is 1. The first-order chi connectivity index (χ1) is 7.79. The first kappa shape index (κ1) is 13.4. The Kier molecular flexibility index (Phi) is 4.06. The number of carboxylic acid groups (broad SMARTS) is 1. The molecule has 0 saturated carbocycles. The second-order valence-electron chi connectivity index (χ2n) is 4.29. The van der Waals surface area contributed by atoms with Gasteiger partial charge in [-0.1, -0.05) is 0 Å². The van der Waals surface area contributed by atoms with Crippen LogP contribution < -0.4 is 5.32 Å². The first-order valence-corrected chi connectivity index (χ1v) is 5.79. The standard InChI is InChI=1S/C10H14N2O4S/c1-10(2,3)16-9(15)12-6(8(13)14)7-11-4-5-17-7/h4-6H,1-3H3,(H,12,15)(H,13,14)/t6-/m1/s1. The summed E-state index contributed by atoms with van der Waals surface area (Å²) in [4.78, 5) is 26.3. The molecule has 0 saturated heterocycles. The van der Waals surface area contributed by atoms with Crippen molar-refractivity contribution in [3.63, 3.8) is 0 Å². The largest absolute Gasteiger partial charge is 0.479 e. The molecule has 0 unspecified atom stereocenters. The monoisotopic (exact) mass is 258 g/mol. The Hall–Kier alpha value is -1.63. The molecule has 1 aromatic rings. The number of rotatable bonds is 3. The lowest BCUT2D eigenvalue weighted by Crippen LogP contribution is -2.38. The van der Waals surface area contributed by atoms with E-state index in [-0.39, 0.29) is 0 Å². The molecule has 7 heteroatoms. The van der Waals surface area contributed by atoms with Crippen LogP contribution in [0.3, 0.4) is 0 Å². The second kappa shape index (κ2) is 5.13. The Morgan fingerprint density at radius 2 is 2.18 bits per heavy atom. The number of hydrogen-bond acceptors (Lipinski definition) is 5. The van der Waals surface area contributed by atoms with E-state index in [0.29, 0.717) is 5.01 Å². The van der Waals surface area contributed by atoms with Crippen molar-refractivity contribution in [2.24, 2.45) is 0 Å². The fourth-order valence-corrected chi connectivity index (χ4v) is 1.71. The van der Waals surface area contributed by atoms with E-state index >= 15 is 0 Å². The van der Waals surface area contributed by atoms with Gasteiger partial charge in [-0.05, 0) is 20.8 Å². The molecule has 0 fully saturated rings. The molecule has 2 N–H and O–H groups in total. The normalized spacial score (nSPS) is 12.9. The smallest absolute Gasteiger partial charge is 0.408 e. The number of aromatic nitrogens is 1. The minimum atomic E-state index is -1.18. The van der Waals surface area contributed by atoms with Gasteiger partial charge in [0.2, 0.25) is 0 Å². The zero-order valence-corrected chi connectivity index (χ0v) is 10.6. The van der Waals surface area contributed by atoms with Crippen molar-refractivity contribution >= 4 is 23.4 Å². The van der Waals surface area contributed by atoms with Crippen LogP contribution >= 0.6 is 11.3 Å². The Morgan fingerprint density at radius 1 is 1.53 bits per heavy atom. The quantitative estimate of drug-likeness (QED) is 0.862. The lowest BCUT2D eigenvalue weighted by atomic mass is 10.2. The highest BCUT2D eigenvalue weighted by atomic mass is 32.1. The Morgan fingerprint density at radius 3 is 2.59 bits per heavy atom. The van der Waals surface area contributed by atoms with Crippen LogP contribution in [0.1, 0.15) is 31.8 Å². The van der Waals surface area contributed by atoms with Gasteiger partial charge < -0.3 is 15.2 Å². The van der Waals surface area contributed by atoms with Crippen LogP contribution in [-0.4, -0.2) is 27.8 Å². The third-order valence-electron chi connectivity index (χ3n) is 1.61. The van der Waals surface area contributed by atoms with Crippen molar-refractivity contribution in [1.29, 1.82) is 0 Å². The van der Waals surface area contributed by atoms with E-state index in [4.69, 9.17) is 9.84 Å². The van der Waals surface area contributed by atoms with Crippen molar-refractivity contribution < 1.29 is 19.4 Å². The summed E-state index contributed by atoms with van der Waals surface area (Å²) in [7, 11) is 0. The fourth-order valence-electron chi connectivity index (χ4n) is 1.03. The molecule has 0 aromatic carbocycles. The highest BCUT2D eigenvalue weighted by molar-refractivity contribution is 7.09. The maximum atomic E-state index is 11.4. The average molecular weight is 258 g/mol. The van der Waals surface area contributed by atoms with Crippen LogP contribution in [0.2, 0.25) is 0 Å². The molecule has 1 amide bonds. The van der Waals surface area contributed by atoms with E-state index in [0.717, 1.165) is 11.3 Å². The number of alkyl carbamates (subject to hydrolysis) is 1. The molecule has 0 aliphatic heterocycles. The summed E-state index contributed by atoms with van der Waals surface area (Å²) >= 11 is 1.16. The summed E-state index contributed by atoms with van der Waals surface area (Å²) in [6, 6.07) is -1.18. The van der Waals surface area contributed by atoms with E-state index in [1.54, 1.807) is 26.2 Å². The van der Waals surface area contributed by atoms with Gasteiger partial charge in [-0.25, -0.2) is 14.6 Å². The number of thiazole rings is 1. The van der Waals surface area contributed by atoms with Gasteiger partial charge in [-0.3, -0.25) is 0 Å². The molecular weight excluding hydrogens is 244 g/mol. The predicted octanol–water partition coefficient (Wildman–Crippen LogP) is 1.79. The summed E-state index contributed by atoms with van der Waals surface area (Å²) in [6.07, 6.45) is 0.701. The lowest BCUT2D eigenvalue weighted by Gasteiger charge is -2.21. The number of nitrogens with one attached hydrogen (secondary N) is 1. The Labute approximate surface area is 103 Å². The van der Waals surface area contributed by atoms with Gasteiger partial charge in [0, 0.05) is 11.6 Å². The van der Waals surface area contributed by atoms with Gasteiger partial charge in [0.25, 0.3) is 0 Å². The highest BCUT2D eigenvalue weighted by Gasteiger charge is 2.27. The van der Waals surface area contributed by atoms with Crippen LogP contribution in [0.4, 0.5) is 4.79 Å². The van der Waals surface area contributed by atoms with Crippen LogP contribution in [-0.2, 0) is 9.53 Å². The summed E-state index contributed by atoms with van der Waals surface area (Å²) in [6.45, 7) is 5.10. The predicted molar refractivity (Wildman–Crippen MR) is 61.9 cm³/mol. The van der Waals surface area contributed by atoms with E-state index in [9.17, 15) is 9.59 Å². The summed E-state index contributed by atoms with van der Waals surface area (Å²) in [5.41, 5.74) is -0.671. The Bertz CT molecular complexity index is 397. The number of hydrogen-bond donors (Lipinski definition) is 2. The maximum Gasteiger partial charge on any atom is 0.408 e. The summed E-state index contributed by atoms with van der Waals surface area (Å²) in [5, 5.41) is 13.2. The number of nitrogens with zero attached hydrogens (tertiary/aromatic N) is 1. The molecule has 1 aromatic heterocycles. The van der Waals surface area contributed by atoms with Crippen LogP contribution in [0, 0.1) is 0 Å². The van der Waals surface area contributed by atoms with E-state index < -0.39 is 23.7 Å². The van der Waals surface area contributed by atoms with E-state index in [2.05, 4.69) is 10.3 Å². The molecule has 0 aliphatic rings. The van der Waals surface area contributed by atoms with Gasteiger partial charge in [-0.15, -0.1) is 11.3 Å². The molecule has 0 aliphatic carbocycles. The molecule has 0 bridgehead atoms. The third kappa shape index (κ3) is 4.39. The van der Waals surface area contributed by atoms with Crippen molar-refractivity contribution in [3.05, 3.63) is 16.6 Å². The van der Waals surface area contributed by atoms with Crippen molar-refractivity contribution in [2.45, 2.75) is 32.4 Å². The van der Waals surface area contributed by atoms with Gasteiger partial charge in [0.1, 0.15) is 10.6 Å². The molecule has 1 heterocycles. The molecule has 1 atom stereocenters. The Balaban J connectivity index is 2.69. The number of carbonyl (C=O) groups is 2. The molecule has 1 rings (SSSR count). The fraction of sp³-hybridized carbons (Fsp3) is 0.500. The van der Waals surface area contributed by atoms with Crippen molar-refractivity contribution in [2.75, 3.05) is 0 Å². The zero-order valence-electron chi connectivity index (χ0n) is 9.76. The molecule has 0 radical (unpaired) electrons. The average Bonchev–Trinajstić information content (AvgIpc) is 2.63. The second-order valence-corrected chi connectivity index (χ2v) is 5.21. The number of ether oxygens (including phenoxy) is 1. The summed E-state index contributed by atoms with van der Waals surface area (Å²) < 4.78 is 4.98. The van der Waals surface area contributed by atoms with Gasteiger partial charge in [0.05, 0.1) is 0 Å². The number of amides is 1. The minimum Gasteiger partial charge on any atom is -0.479 e. The molecule has 6 nitrogen and oxygen atoms in total. The van der Waals surface area contributed by atoms with E-state index in [1.807, 2.05) is 0 Å². The topological polar surface area (TPSA) is 88.5 Å². The SMILES string of the molecule is CC(C)(C)OC(=O)N[C@@H](C(=O)O)c1nccs1. The van der Waals surface area contributed by atoms with E-state index in [1.165, 1.54) is 6.20 Å². The highest BCUT2D eigenvalue weighted by Crippen LogP contribution is 2.17. The minimum absolute atomic E-state index is 0.309. The third-order valence-corrected chi connectivity index (χ3v) is 2.45. The van der Waals surface area contributed by atoms with Crippen LogP contribution in [0.15, 0.2) is 11.6 Å². The van der Waals surface area contributed by atoms with Gasteiger partial charge in [-0.2, -0.15) is 0 Å². The summed E-state index contributed by atoms with van der Waals surface area (Å²) in [5.74, 6) is -1.18. The van der Waals surface area contributed by atoms with Gasteiger partial charge in [0.15, 0.2) is 6.04 Å². The zero-order chi connectivity index (χ0) is 13.1. The van der Waals surface area contributed by atoms with Crippen molar-refractivity contribution in [1.82, 2.24) is 10.3 Å². The molecular formula is C10H14N2O4S. The van der Waals surface area contributed by atoms with Crippen molar-refractivity contribution in [3.8, 4) is 0 Å². The number of carbonyl (C=O) groups excluding carboxylic acids is 1. The first-order valence-electron chi connectivity index (χ1n) is 4.91. The maximum absolute atomic E-state index is 11.4. The molecule has 94 valence electrons. The van der Waals surface area contributed by atoms with Gasteiger partial charge >= 0.3 is 12.1 Å². The van der Waals surface area contributed by atoms with Crippen LogP contribution in [0.25, 0.3) is 0 Å². The molecule has 0 spiro atoms. The van der Waals surface area contributed by atoms with Crippen LogP contribution in [0.5, 0.6) is 0 Å². The molecule has 17 heavy (non-hydrogen) atoms. The number of carboxylic acids is 1.